The predicted molar refractivity (Wildman–Crippen MR) is 24.9 cm³/mol. The van der Waals surface area contributed by atoms with Gasteiger partial charge in [-0.1, -0.05) is 0 Å². The normalized spacial score (nSPS) is 10.3. The van der Waals surface area contributed by atoms with Crippen LogP contribution in [0.5, 0.6) is 0 Å². The van der Waals surface area contributed by atoms with Gasteiger partial charge in [0.1, 0.15) is 0 Å². The molecular formula is C4H8N2. The second-order valence-electron chi connectivity index (χ2n) is 1.77. The van der Waals surface area contributed by atoms with E-state index in [4.69, 9.17) is 12.3 Å². The van der Waals surface area contributed by atoms with Gasteiger partial charge in [0.05, 0.1) is 0 Å². The van der Waals surface area contributed by atoms with Crippen molar-refractivity contribution in [2.24, 2.45) is 5.73 Å². The maximum absolute atomic E-state index is 6.35. The van der Waals surface area contributed by atoms with Crippen molar-refractivity contribution in [3.8, 4) is 0 Å². The molecule has 34 valence electrons. The Labute approximate surface area is 37.8 Å². The Bertz CT molecular complexity index is 72.5. The summed E-state index contributed by atoms with van der Waals surface area (Å²) in [6, 6.07) is 0. The molecule has 0 heterocycles. The summed E-state index contributed by atoms with van der Waals surface area (Å²) in [6.45, 7) is 9.69. The third-order valence-corrected chi connectivity index (χ3v) is 0.288. The van der Waals surface area contributed by atoms with Gasteiger partial charge in [-0.25, -0.2) is 6.57 Å². The van der Waals surface area contributed by atoms with Crippen molar-refractivity contribution in [1.29, 1.82) is 0 Å². The Hall–Kier alpha value is -0.550. The second-order valence-corrected chi connectivity index (χ2v) is 1.77. The molecule has 0 aliphatic carbocycles. The molecule has 0 rings (SSSR count). The molecule has 0 spiro atoms. The summed E-state index contributed by atoms with van der Waals surface area (Å²) in [5, 5.41) is 0. The molecule has 0 aromatic rings. The summed E-state index contributed by atoms with van der Waals surface area (Å²) in [5.41, 5.74) is 4.51. The molecule has 0 atom stereocenters. The van der Waals surface area contributed by atoms with Crippen molar-refractivity contribution >= 4 is 0 Å². The van der Waals surface area contributed by atoms with Crippen molar-refractivity contribution in [2.45, 2.75) is 19.5 Å². The topological polar surface area (TPSA) is 30.4 Å². The number of nitrogens with zero attached hydrogens (tertiary/aromatic N) is 1. The van der Waals surface area contributed by atoms with Crippen molar-refractivity contribution in [3.63, 3.8) is 0 Å². The largest absolute Gasteiger partial charge is 0.294 e. The number of hydrogen-bond donors (Lipinski definition) is 1. The number of rotatable bonds is 0. The second kappa shape index (κ2) is 1.27. The van der Waals surface area contributed by atoms with Gasteiger partial charge in [0.25, 0.3) is 5.66 Å². The van der Waals surface area contributed by atoms with Gasteiger partial charge in [0.2, 0.25) is 0 Å². The highest BCUT2D eigenvalue weighted by Crippen LogP contribution is 1.94. The van der Waals surface area contributed by atoms with Crippen LogP contribution in [-0.4, -0.2) is 5.66 Å². The zero-order valence-electron chi connectivity index (χ0n) is 4.02. The van der Waals surface area contributed by atoms with Crippen LogP contribution in [0.1, 0.15) is 13.8 Å². The SMILES string of the molecule is [C-]#[N+]C(C)(C)N. The van der Waals surface area contributed by atoms with E-state index in [1.54, 1.807) is 13.8 Å². The Morgan fingerprint density at radius 3 is 1.83 bits per heavy atom. The van der Waals surface area contributed by atoms with E-state index in [0.29, 0.717) is 0 Å². The highest BCUT2D eigenvalue weighted by molar-refractivity contribution is 4.81. The van der Waals surface area contributed by atoms with Gasteiger partial charge >= 0.3 is 0 Å². The van der Waals surface area contributed by atoms with Crippen molar-refractivity contribution in [3.05, 3.63) is 11.4 Å². The molecule has 0 aromatic heterocycles. The summed E-state index contributed by atoms with van der Waals surface area (Å²) >= 11 is 0. The molecule has 0 aliphatic heterocycles. The Morgan fingerprint density at radius 1 is 1.67 bits per heavy atom. The van der Waals surface area contributed by atoms with Crippen molar-refractivity contribution in [1.82, 2.24) is 0 Å². The molecule has 2 nitrogen and oxygen atoms in total. The van der Waals surface area contributed by atoms with E-state index in [9.17, 15) is 0 Å². The summed E-state index contributed by atoms with van der Waals surface area (Å²) < 4.78 is 0. The van der Waals surface area contributed by atoms with Gasteiger partial charge in [-0.2, -0.15) is 0 Å². The van der Waals surface area contributed by atoms with Gasteiger partial charge in [-0.3, -0.25) is 10.6 Å². The lowest BCUT2D eigenvalue weighted by atomic mass is 10.3. The first kappa shape index (κ1) is 5.45. The Kier molecular flexibility index (Phi) is 1.16. The molecule has 0 aliphatic rings. The van der Waals surface area contributed by atoms with E-state index in [0.717, 1.165) is 0 Å². The summed E-state index contributed by atoms with van der Waals surface area (Å²) in [5.74, 6) is 0. The average Bonchev–Trinajstić information content (AvgIpc) is 1.35. The van der Waals surface area contributed by atoms with Crippen LogP contribution >= 0.6 is 0 Å². The first-order chi connectivity index (χ1) is 2.56. The minimum Gasteiger partial charge on any atom is -0.294 e. The molecular weight excluding hydrogens is 76.1 g/mol. The van der Waals surface area contributed by atoms with Crippen molar-refractivity contribution < 1.29 is 0 Å². The molecule has 0 saturated heterocycles. The van der Waals surface area contributed by atoms with Crippen LogP contribution in [0.25, 0.3) is 4.85 Å². The highest BCUT2D eigenvalue weighted by atomic mass is 15.0. The van der Waals surface area contributed by atoms with Crippen LogP contribution in [0.2, 0.25) is 0 Å². The first-order valence-electron chi connectivity index (χ1n) is 1.74. The maximum atomic E-state index is 6.35. The monoisotopic (exact) mass is 84.1 g/mol. The Morgan fingerprint density at radius 2 is 1.83 bits per heavy atom. The van der Waals surface area contributed by atoms with Gasteiger partial charge in [-0.05, 0) is 0 Å². The molecule has 0 radical (unpaired) electrons. The fourth-order valence-electron chi connectivity index (χ4n) is 0. The van der Waals surface area contributed by atoms with Crippen LogP contribution in [0.3, 0.4) is 0 Å². The number of hydrogen-bond acceptors (Lipinski definition) is 1. The molecule has 0 saturated carbocycles. The van der Waals surface area contributed by atoms with Gasteiger partial charge in [-0.15, -0.1) is 0 Å². The van der Waals surface area contributed by atoms with Crippen LogP contribution < -0.4 is 5.73 Å². The van der Waals surface area contributed by atoms with Crippen LogP contribution in [0.15, 0.2) is 0 Å². The fourth-order valence-corrected chi connectivity index (χ4v) is 0. The molecule has 0 amide bonds. The number of nitrogens with two attached hydrogens (primary N) is 1. The smallest absolute Gasteiger partial charge is 0.278 e. The van der Waals surface area contributed by atoms with Crippen molar-refractivity contribution in [2.75, 3.05) is 0 Å². The zero-order chi connectivity index (χ0) is 5.21. The molecule has 6 heavy (non-hydrogen) atoms. The fraction of sp³-hybridized carbons (Fsp3) is 0.750. The lowest BCUT2D eigenvalue weighted by Gasteiger charge is -1.97. The van der Waals surface area contributed by atoms with E-state index < -0.39 is 5.66 Å². The standard InChI is InChI=1S/C4H8N2/c1-4(2,5)6-3/h5H2,1-2H3. The minimum atomic E-state index is -0.667. The predicted octanol–water partition coefficient (Wildman–Crippen LogP) is 0.600. The molecule has 2 N–H and O–H groups in total. The van der Waals surface area contributed by atoms with Crippen LogP contribution in [0.4, 0.5) is 0 Å². The lowest BCUT2D eigenvalue weighted by molar-refractivity contribution is 0.649. The molecule has 0 aromatic carbocycles. The zero-order valence-corrected chi connectivity index (χ0v) is 4.02. The summed E-state index contributed by atoms with van der Waals surface area (Å²) in [4.78, 5) is 3.05. The van der Waals surface area contributed by atoms with E-state index in [-0.39, 0.29) is 0 Å². The molecule has 0 unspecified atom stereocenters. The quantitative estimate of drug-likeness (QED) is 0.428. The van der Waals surface area contributed by atoms with E-state index in [1.807, 2.05) is 0 Å². The van der Waals surface area contributed by atoms with Crippen LogP contribution in [0, 0.1) is 6.57 Å². The third kappa shape index (κ3) is 3.45. The third-order valence-electron chi connectivity index (χ3n) is 0.288. The average molecular weight is 84.1 g/mol. The van der Waals surface area contributed by atoms with Gasteiger partial charge < -0.3 is 0 Å². The molecule has 0 bridgehead atoms. The Balaban J connectivity index is 3.55. The summed E-state index contributed by atoms with van der Waals surface area (Å²) in [6.07, 6.45) is 0. The maximum Gasteiger partial charge on any atom is 0.278 e. The van der Waals surface area contributed by atoms with Gasteiger partial charge in [0, 0.05) is 13.8 Å². The molecule has 0 fully saturated rings. The minimum absolute atomic E-state index is 0.667. The lowest BCUT2D eigenvalue weighted by Crippen LogP contribution is -2.26. The summed E-state index contributed by atoms with van der Waals surface area (Å²) in [7, 11) is 0. The first-order valence-corrected chi connectivity index (χ1v) is 1.74. The van der Waals surface area contributed by atoms with E-state index in [1.165, 1.54) is 0 Å². The van der Waals surface area contributed by atoms with E-state index in [2.05, 4.69) is 4.85 Å². The molecule has 2 heteroatoms. The highest BCUT2D eigenvalue weighted by Gasteiger charge is 2.11. The van der Waals surface area contributed by atoms with Gasteiger partial charge in [0.15, 0.2) is 0 Å². The van der Waals surface area contributed by atoms with E-state index >= 15 is 0 Å². The van der Waals surface area contributed by atoms with Crippen LogP contribution in [-0.2, 0) is 0 Å².